The van der Waals surface area contributed by atoms with E-state index in [1.54, 1.807) is 66.7 Å². The summed E-state index contributed by atoms with van der Waals surface area (Å²) < 4.78 is 36.4. The Morgan fingerprint density at radius 3 is 2.01 bits per heavy atom. The third-order valence-electron chi connectivity index (χ3n) is 14.2. The van der Waals surface area contributed by atoms with Crippen LogP contribution in [0.25, 0.3) is 0 Å². The molecule has 0 spiro atoms. The molecule has 2 saturated carbocycles. The van der Waals surface area contributed by atoms with E-state index in [-0.39, 0.29) is 41.7 Å². The van der Waals surface area contributed by atoms with Gasteiger partial charge in [0.1, 0.15) is 36.2 Å². The summed E-state index contributed by atoms with van der Waals surface area (Å²) in [6.45, 7) is 7.80. The normalized spacial score (nSPS) is 29.9. The van der Waals surface area contributed by atoms with E-state index < -0.39 is 125 Å². The van der Waals surface area contributed by atoms with Crippen LogP contribution in [0.3, 0.4) is 0 Å². The number of Topliss-reactive ketones (excluding diaryl/α,β-unsaturated/α-hetero) is 1. The number of amides is 1. The Kier molecular flexibility index (Phi) is 13.9. The van der Waals surface area contributed by atoms with Gasteiger partial charge in [0.2, 0.25) is 6.10 Å². The zero-order chi connectivity index (χ0) is 49.3. The molecule has 0 aromatic heterocycles. The Balaban J connectivity index is 1.42. The Labute approximate surface area is 392 Å². The van der Waals surface area contributed by atoms with Crippen LogP contribution >= 0.6 is 0 Å². The molecule has 11 atom stereocenters. The van der Waals surface area contributed by atoms with E-state index in [0.29, 0.717) is 11.8 Å². The molecular weight excluding hydrogens is 883 g/mol. The maximum absolute atomic E-state index is 15.6. The number of carbonyl (C=O) groups is 8. The van der Waals surface area contributed by atoms with Gasteiger partial charge in [-0.2, -0.15) is 0 Å². The molecule has 3 aliphatic carbocycles. The van der Waals surface area contributed by atoms with Gasteiger partial charge in [-0.15, -0.1) is 0 Å². The van der Waals surface area contributed by atoms with E-state index in [0.717, 1.165) is 13.8 Å². The molecule has 68 heavy (non-hydrogen) atoms. The number of rotatable bonds is 14. The fourth-order valence-corrected chi connectivity index (χ4v) is 10.7. The summed E-state index contributed by atoms with van der Waals surface area (Å²) in [6, 6.07) is 22.5. The van der Waals surface area contributed by atoms with Crippen LogP contribution in [0, 0.1) is 16.7 Å². The van der Waals surface area contributed by atoms with Crippen molar-refractivity contribution in [2.45, 2.75) is 121 Å². The Hall–Kier alpha value is -6.56. The number of aldehydes is 1. The molecule has 1 amide bonds. The number of fused-ring (bicyclic) bond motifs is 5. The maximum Gasteiger partial charge on any atom is 0.350 e. The minimum absolute atomic E-state index is 0.0376. The molecule has 3 aromatic carbocycles. The topological polar surface area (TPSA) is 244 Å². The van der Waals surface area contributed by atoms with Gasteiger partial charge in [-0.3, -0.25) is 24.0 Å². The fraction of sp³-hybridized carbons (Fsp3) is 0.451. The van der Waals surface area contributed by atoms with Crippen molar-refractivity contribution in [2.75, 3.05) is 6.61 Å². The third-order valence-corrected chi connectivity index (χ3v) is 14.2. The first-order valence-electron chi connectivity index (χ1n) is 22.4. The smallest absolute Gasteiger partial charge is 0.350 e. The number of hydrogen-bond donors (Lipinski definition) is 3. The molecule has 3 fully saturated rings. The lowest BCUT2D eigenvalue weighted by Gasteiger charge is -2.67. The van der Waals surface area contributed by atoms with Crippen LogP contribution in [-0.2, 0) is 57.2 Å². The maximum atomic E-state index is 15.6. The molecular formula is C51H55NO16. The lowest BCUT2D eigenvalue weighted by atomic mass is 9.44. The van der Waals surface area contributed by atoms with E-state index in [2.05, 4.69) is 5.32 Å². The van der Waals surface area contributed by atoms with Gasteiger partial charge in [0.05, 0.1) is 36.0 Å². The van der Waals surface area contributed by atoms with Crippen LogP contribution in [0.2, 0.25) is 0 Å². The number of esters is 5. The highest BCUT2D eigenvalue weighted by molar-refractivity contribution is 5.96. The van der Waals surface area contributed by atoms with Crippen molar-refractivity contribution >= 4 is 47.8 Å². The molecule has 1 saturated heterocycles. The minimum Gasteiger partial charge on any atom is -0.455 e. The second-order valence-electron chi connectivity index (χ2n) is 18.5. The number of ketones is 1. The standard InChI is InChI=1S/C51H55NO16/c1-28-34(65-47(61)41(66-37(57)23-16-24-53)39(31-17-10-7-11-18-31)52-45(59)32-19-12-8-13-20-32)26-51(62)44(67-46(60)33-21-14-9-15-22-33)42-49(6,35(56)25-36-50(42,27-63-36)68-30(3)55)43(58)40(64-29(2)54)38(28)48(51,4)5/h7-15,17-22,24,34-36,39-42,44,56,62H,16,23,25-27H2,1-6H3,(H,52,59)/t34-,35-,36+,39-,40+,41+,42-,44-,49+,50-,51+/m0/s1. The average molecular weight is 938 g/mol. The molecule has 17 heteroatoms. The van der Waals surface area contributed by atoms with Crippen LogP contribution in [0.4, 0.5) is 0 Å². The lowest BCUT2D eigenvalue weighted by Crippen LogP contribution is -2.82. The number of benzene rings is 3. The van der Waals surface area contributed by atoms with Crippen molar-refractivity contribution in [3.8, 4) is 0 Å². The minimum atomic E-state index is -2.47. The predicted molar refractivity (Wildman–Crippen MR) is 237 cm³/mol. The van der Waals surface area contributed by atoms with E-state index in [1.807, 2.05) is 0 Å². The van der Waals surface area contributed by atoms with Crippen LogP contribution < -0.4 is 5.32 Å². The summed E-state index contributed by atoms with van der Waals surface area (Å²) in [6.07, 6.45) is -11.0. The van der Waals surface area contributed by atoms with Gasteiger partial charge in [-0.05, 0) is 54.8 Å². The monoisotopic (exact) mass is 937 g/mol. The molecule has 4 aliphatic rings. The Bertz CT molecular complexity index is 2490. The van der Waals surface area contributed by atoms with Gasteiger partial charge < -0.3 is 48.7 Å². The summed E-state index contributed by atoms with van der Waals surface area (Å²) >= 11 is 0. The number of hydrogen-bond acceptors (Lipinski definition) is 16. The van der Waals surface area contributed by atoms with E-state index >= 15 is 9.59 Å². The van der Waals surface area contributed by atoms with E-state index in [4.69, 9.17) is 28.4 Å². The molecule has 360 valence electrons. The molecule has 0 unspecified atom stereocenters. The summed E-state index contributed by atoms with van der Waals surface area (Å²) in [5, 5.41) is 28.8. The predicted octanol–water partition coefficient (Wildman–Crippen LogP) is 4.27. The lowest BCUT2D eigenvalue weighted by molar-refractivity contribution is -0.346. The number of ether oxygens (including phenoxy) is 6. The first-order valence-corrected chi connectivity index (χ1v) is 22.4. The van der Waals surface area contributed by atoms with Crippen molar-refractivity contribution in [3.63, 3.8) is 0 Å². The Morgan fingerprint density at radius 2 is 1.46 bits per heavy atom. The quantitative estimate of drug-likeness (QED) is 0.0885. The highest BCUT2D eigenvalue weighted by Gasteiger charge is 2.78. The second kappa shape index (κ2) is 19.2. The van der Waals surface area contributed by atoms with Gasteiger partial charge in [-0.1, -0.05) is 80.6 Å². The molecule has 2 bridgehead atoms. The van der Waals surface area contributed by atoms with Crippen LogP contribution in [0.5, 0.6) is 0 Å². The molecule has 3 aromatic rings. The van der Waals surface area contributed by atoms with Crippen molar-refractivity contribution in [1.82, 2.24) is 5.32 Å². The molecule has 3 N–H and O–H groups in total. The molecule has 1 heterocycles. The molecule has 17 nitrogen and oxygen atoms in total. The van der Waals surface area contributed by atoms with Gasteiger partial charge in [0, 0.05) is 44.1 Å². The van der Waals surface area contributed by atoms with E-state index in [1.165, 1.54) is 52.0 Å². The number of nitrogens with one attached hydrogen (secondary N) is 1. The zero-order valence-electron chi connectivity index (χ0n) is 38.5. The van der Waals surface area contributed by atoms with Gasteiger partial charge >= 0.3 is 29.8 Å². The zero-order valence-corrected chi connectivity index (χ0v) is 38.5. The summed E-state index contributed by atoms with van der Waals surface area (Å²) in [5.41, 5.74) is -7.52. The van der Waals surface area contributed by atoms with Crippen molar-refractivity contribution in [3.05, 3.63) is 119 Å². The van der Waals surface area contributed by atoms with Crippen LogP contribution in [0.15, 0.2) is 102 Å². The van der Waals surface area contributed by atoms with Crippen LogP contribution in [-0.4, -0.2) is 112 Å². The number of carbonyl (C=O) groups excluding carboxylic acids is 8. The molecule has 0 radical (unpaired) electrons. The largest absolute Gasteiger partial charge is 0.455 e. The average Bonchev–Trinajstić information content (AvgIpc) is 3.30. The summed E-state index contributed by atoms with van der Waals surface area (Å²) in [5.74, 6) is -8.10. The second-order valence-corrected chi connectivity index (χ2v) is 18.5. The number of aliphatic hydroxyl groups excluding tert-OH is 1. The highest BCUT2D eigenvalue weighted by atomic mass is 16.6. The highest BCUT2D eigenvalue weighted by Crippen LogP contribution is 2.64. The molecule has 7 rings (SSSR count). The van der Waals surface area contributed by atoms with Gasteiger partial charge in [0.15, 0.2) is 17.5 Å². The van der Waals surface area contributed by atoms with Gasteiger partial charge in [0.25, 0.3) is 5.91 Å². The van der Waals surface area contributed by atoms with Gasteiger partial charge in [-0.25, -0.2) is 9.59 Å². The van der Waals surface area contributed by atoms with Crippen molar-refractivity contribution in [2.24, 2.45) is 16.7 Å². The SMILES string of the molecule is CC(=O)O[C@H]1C(=O)[C@@]2(C)[C@H]([C@H](OC(=O)c3ccccc3)[C@]3(O)C[C@H](OC(=O)[C@H](OC(=O)CCC=O)[C@@H](NC(=O)c4ccccc4)c4ccccc4)C(C)=C1C3(C)C)[C@]1(OC(C)=O)CO[C@@H]1C[C@@H]2O. The third kappa shape index (κ3) is 8.74. The van der Waals surface area contributed by atoms with Crippen LogP contribution in [0.1, 0.15) is 99.5 Å². The number of aliphatic hydroxyl groups is 2. The Morgan fingerprint density at radius 1 is 0.853 bits per heavy atom. The first kappa shape index (κ1) is 49.3. The summed E-state index contributed by atoms with van der Waals surface area (Å²) in [7, 11) is 0. The van der Waals surface area contributed by atoms with Crippen molar-refractivity contribution < 1.29 is 77.0 Å². The van der Waals surface area contributed by atoms with E-state index in [9.17, 15) is 39.0 Å². The first-order chi connectivity index (χ1) is 32.2. The fourth-order valence-electron chi connectivity index (χ4n) is 10.7. The van der Waals surface area contributed by atoms with Crippen molar-refractivity contribution in [1.29, 1.82) is 0 Å². The summed E-state index contributed by atoms with van der Waals surface area (Å²) in [4.78, 5) is 110. The molecule has 1 aliphatic heterocycles.